The Morgan fingerprint density at radius 2 is 2.00 bits per heavy atom. The highest BCUT2D eigenvalue weighted by Crippen LogP contribution is 2.27. The lowest BCUT2D eigenvalue weighted by atomic mass is 10.0. The highest BCUT2D eigenvalue weighted by atomic mass is 32.2. The van der Waals surface area contributed by atoms with Crippen LogP contribution in [0.15, 0.2) is 18.2 Å². The van der Waals surface area contributed by atoms with Gasteiger partial charge < -0.3 is 10.5 Å². The van der Waals surface area contributed by atoms with Crippen molar-refractivity contribution in [3.63, 3.8) is 0 Å². The lowest BCUT2D eigenvalue weighted by Crippen LogP contribution is -2.29. The van der Waals surface area contributed by atoms with Gasteiger partial charge in [0.1, 0.15) is 5.75 Å². The van der Waals surface area contributed by atoms with Crippen molar-refractivity contribution in [1.82, 2.24) is 0 Å². The Kier molecular flexibility index (Phi) is 5.47. The Hall–Kier alpha value is -1.27. The summed E-state index contributed by atoms with van der Waals surface area (Å²) >= 11 is 0. The molecule has 118 valence electrons. The number of sulfonamides is 1. The van der Waals surface area contributed by atoms with Crippen LogP contribution in [0.4, 0.5) is 5.69 Å². The first-order valence-corrected chi connectivity index (χ1v) is 9.09. The van der Waals surface area contributed by atoms with Crippen molar-refractivity contribution in [2.24, 2.45) is 5.73 Å². The van der Waals surface area contributed by atoms with Crippen LogP contribution in [0.5, 0.6) is 5.75 Å². The molecule has 0 aromatic heterocycles. The highest BCUT2D eigenvalue weighted by molar-refractivity contribution is 7.93. The molecule has 1 fully saturated rings. The van der Waals surface area contributed by atoms with Gasteiger partial charge in [-0.05, 0) is 38.0 Å². The molecule has 0 unspecified atom stereocenters. The molecule has 0 heterocycles. The van der Waals surface area contributed by atoms with Crippen molar-refractivity contribution in [2.75, 3.05) is 11.3 Å². The molecule has 1 aromatic carbocycles. The molecule has 0 saturated heterocycles. The van der Waals surface area contributed by atoms with E-state index in [2.05, 4.69) is 4.72 Å². The summed E-state index contributed by atoms with van der Waals surface area (Å²) in [6.45, 7) is 2.77. The van der Waals surface area contributed by atoms with Gasteiger partial charge in [-0.25, -0.2) is 8.42 Å². The average molecular weight is 312 g/mol. The zero-order valence-corrected chi connectivity index (χ0v) is 13.3. The van der Waals surface area contributed by atoms with E-state index in [0.29, 0.717) is 24.6 Å². The fourth-order valence-corrected chi connectivity index (χ4v) is 4.30. The van der Waals surface area contributed by atoms with Gasteiger partial charge >= 0.3 is 0 Å². The predicted octanol–water partition coefficient (Wildman–Crippen LogP) is 2.62. The van der Waals surface area contributed by atoms with E-state index in [4.69, 9.17) is 10.5 Å². The van der Waals surface area contributed by atoms with Crippen LogP contribution < -0.4 is 15.2 Å². The Morgan fingerprint density at radius 3 is 2.62 bits per heavy atom. The Bertz CT molecular complexity index is 566. The van der Waals surface area contributed by atoms with E-state index < -0.39 is 10.0 Å². The second-order valence-corrected chi connectivity index (χ2v) is 7.33. The lowest BCUT2D eigenvalue weighted by molar-refractivity contribution is 0.336. The van der Waals surface area contributed by atoms with Crippen molar-refractivity contribution in [2.45, 2.75) is 50.8 Å². The summed E-state index contributed by atoms with van der Waals surface area (Å²) in [4.78, 5) is 0. The van der Waals surface area contributed by atoms with Crippen LogP contribution in [0.3, 0.4) is 0 Å². The number of hydrogen-bond acceptors (Lipinski definition) is 4. The number of nitrogens with two attached hydrogens (primary N) is 1. The van der Waals surface area contributed by atoms with Gasteiger partial charge in [-0.1, -0.05) is 19.3 Å². The summed E-state index contributed by atoms with van der Waals surface area (Å²) in [5.74, 6) is 0.709. The zero-order valence-electron chi connectivity index (χ0n) is 12.5. The second-order valence-electron chi connectivity index (χ2n) is 5.37. The molecule has 1 aliphatic carbocycles. The van der Waals surface area contributed by atoms with E-state index in [9.17, 15) is 8.42 Å². The fourth-order valence-electron chi connectivity index (χ4n) is 2.72. The van der Waals surface area contributed by atoms with Crippen LogP contribution >= 0.6 is 0 Å². The van der Waals surface area contributed by atoms with E-state index in [1.54, 1.807) is 18.2 Å². The van der Waals surface area contributed by atoms with Gasteiger partial charge in [0, 0.05) is 17.8 Å². The largest absolute Gasteiger partial charge is 0.494 e. The minimum atomic E-state index is -3.32. The minimum Gasteiger partial charge on any atom is -0.494 e. The molecule has 6 heteroatoms. The third-order valence-electron chi connectivity index (χ3n) is 3.83. The maximum Gasteiger partial charge on any atom is 0.235 e. The summed E-state index contributed by atoms with van der Waals surface area (Å²) in [6.07, 6.45) is 4.60. The predicted molar refractivity (Wildman–Crippen MR) is 84.9 cm³/mol. The van der Waals surface area contributed by atoms with E-state index in [1.165, 1.54) is 0 Å². The van der Waals surface area contributed by atoms with Crippen LogP contribution in [-0.2, 0) is 16.6 Å². The maximum atomic E-state index is 12.4. The summed E-state index contributed by atoms with van der Waals surface area (Å²) < 4.78 is 32.9. The van der Waals surface area contributed by atoms with E-state index in [-0.39, 0.29) is 5.25 Å². The summed E-state index contributed by atoms with van der Waals surface area (Å²) in [6, 6.07) is 5.25. The van der Waals surface area contributed by atoms with Crippen LogP contribution in [0.2, 0.25) is 0 Å². The molecule has 0 aliphatic heterocycles. The average Bonchev–Trinajstić information content (AvgIpc) is 2.49. The third-order valence-corrected chi connectivity index (χ3v) is 5.70. The van der Waals surface area contributed by atoms with Gasteiger partial charge in [-0.3, -0.25) is 4.72 Å². The quantitative estimate of drug-likeness (QED) is 0.846. The normalized spacial score (nSPS) is 16.7. The standard InChI is InChI=1S/C15H24N2O3S/c1-2-20-15-9-8-13(10-12(15)11-16)17-21(18,19)14-6-4-3-5-7-14/h8-10,14,17H,2-7,11,16H2,1H3. The molecule has 5 nitrogen and oxygen atoms in total. The first-order valence-electron chi connectivity index (χ1n) is 7.54. The molecule has 21 heavy (non-hydrogen) atoms. The molecule has 1 aromatic rings. The molecule has 1 aliphatic rings. The van der Waals surface area contributed by atoms with Crippen LogP contribution in [-0.4, -0.2) is 20.3 Å². The second kappa shape index (κ2) is 7.13. The molecule has 2 rings (SSSR count). The molecular formula is C15H24N2O3S. The molecular weight excluding hydrogens is 288 g/mol. The number of hydrogen-bond donors (Lipinski definition) is 2. The topological polar surface area (TPSA) is 81.4 Å². The minimum absolute atomic E-state index is 0.279. The summed E-state index contributed by atoms with van der Waals surface area (Å²) in [7, 11) is -3.32. The van der Waals surface area contributed by atoms with Crippen molar-refractivity contribution in [3.8, 4) is 5.75 Å². The zero-order chi connectivity index (χ0) is 15.3. The fraction of sp³-hybridized carbons (Fsp3) is 0.600. The van der Waals surface area contributed by atoms with Gasteiger partial charge in [-0.15, -0.1) is 0 Å². The van der Waals surface area contributed by atoms with Gasteiger partial charge in [0.2, 0.25) is 10.0 Å². The van der Waals surface area contributed by atoms with Gasteiger partial charge in [0.25, 0.3) is 0 Å². The van der Waals surface area contributed by atoms with E-state index in [0.717, 1.165) is 37.7 Å². The highest BCUT2D eigenvalue weighted by Gasteiger charge is 2.27. The monoisotopic (exact) mass is 312 g/mol. The smallest absolute Gasteiger partial charge is 0.235 e. The van der Waals surface area contributed by atoms with Gasteiger partial charge in [-0.2, -0.15) is 0 Å². The molecule has 0 atom stereocenters. The number of rotatable bonds is 6. The molecule has 0 spiro atoms. The third kappa shape index (κ3) is 4.11. The number of anilines is 1. The molecule has 3 N–H and O–H groups in total. The molecule has 1 saturated carbocycles. The Balaban J connectivity index is 2.14. The van der Waals surface area contributed by atoms with Gasteiger partial charge in [0.15, 0.2) is 0 Å². The van der Waals surface area contributed by atoms with E-state index in [1.807, 2.05) is 6.92 Å². The Labute approximate surface area is 126 Å². The van der Waals surface area contributed by atoms with Crippen molar-refractivity contribution < 1.29 is 13.2 Å². The number of ether oxygens (including phenoxy) is 1. The molecule has 0 radical (unpaired) electrons. The summed E-state index contributed by atoms with van der Waals surface area (Å²) in [5.41, 5.74) is 7.07. The van der Waals surface area contributed by atoms with Crippen LogP contribution in [0.1, 0.15) is 44.6 Å². The maximum absolute atomic E-state index is 12.4. The number of benzene rings is 1. The first-order chi connectivity index (χ1) is 10.1. The first kappa shape index (κ1) is 16.1. The van der Waals surface area contributed by atoms with Crippen LogP contribution in [0.25, 0.3) is 0 Å². The van der Waals surface area contributed by atoms with Crippen LogP contribution in [0, 0.1) is 0 Å². The Morgan fingerprint density at radius 1 is 1.29 bits per heavy atom. The van der Waals surface area contributed by atoms with Crippen molar-refractivity contribution >= 4 is 15.7 Å². The lowest BCUT2D eigenvalue weighted by Gasteiger charge is -2.22. The SMILES string of the molecule is CCOc1ccc(NS(=O)(=O)C2CCCCC2)cc1CN. The summed E-state index contributed by atoms with van der Waals surface area (Å²) in [5, 5.41) is -0.279. The van der Waals surface area contributed by atoms with Crippen molar-refractivity contribution in [1.29, 1.82) is 0 Å². The molecule has 0 bridgehead atoms. The van der Waals surface area contributed by atoms with Gasteiger partial charge in [0.05, 0.1) is 11.9 Å². The van der Waals surface area contributed by atoms with Crippen molar-refractivity contribution in [3.05, 3.63) is 23.8 Å². The number of nitrogens with one attached hydrogen (secondary N) is 1. The molecule has 0 amide bonds. The van der Waals surface area contributed by atoms with E-state index >= 15 is 0 Å².